The van der Waals surface area contributed by atoms with Crippen molar-refractivity contribution >= 4 is 5.97 Å². The number of benzene rings is 2. The molecule has 0 amide bonds. The minimum atomic E-state index is -0.284. The first-order valence-corrected chi connectivity index (χ1v) is 14.5. The van der Waals surface area contributed by atoms with E-state index in [0.29, 0.717) is 19.1 Å². The zero-order chi connectivity index (χ0) is 27.4. The van der Waals surface area contributed by atoms with Crippen molar-refractivity contribution in [2.24, 2.45) is 0 Å². The summed E-state index contributed by atoms with van der Waals surface area (Å²) < 4.78 is 13.7. The van der Waals surface area contributed by atoms with E-state index in [1.807, 2.05) is 17.8 Å². The van der Waals surface area contributed by atoms with E-state index in [9.17, 15) is 4.79 Å². The van der Waals surface area contributed by atoms with Crippen LogP contribution in [-0.2, 0) is 35.5 Å². The van der Waals surface area contributed by atoms with Gasteiger partial charge in [0.25, 0.3) is 0 Å². The molecule has 0 saturated carbocycles. The first-order valence-electron chi connectivity index (χ1n) is 14.5. The fraction of sp³-hybridized carbons (Fsp3) is 0.531. The van der Waals surface area contributed by atoms with Gasteiger partial charge in [-0.05, 0) is 75.1 Å². The fourth-order valence-electron chi connectivity index (χ4n) is 6.19. The van der Waals surface area contributed by atoms with Crippen LogP contribution >= 0.6 is 0 Å². The van der Waals surface area contributed by atoms with Gasteiger partial charge in [0.15, 0.2) is 0 Å². The summed E-state index contributed by atoms with van der Waals surface area (Å²) in [5.74, 6) is 0.897. The number of nitrogens with zero attached hydrogens (tertiary/aromatic N) is 4. The van der Waals surface area contributed by atoms with Crippen molar-refractivity contribution in [3.8, 4) is 5.75 Å². The Labute approximate surface area is 232 Å². The van der Waals surface area contributed by atoms with E-state index in [4.69, 9.17) is 9.47 Å². The molecule has 208 valence electrons. The van der Waals surface area contributed by atoms with E-state index in [1.54, 1.807) is 0 Å². The lowest BCUT2D eigenvalue weighted by Gasteiger charge is -2.34. The van der Waals surface area contributed by atoms with Crippen LogP contribution in [0.25, 0.3) is 0 Å². The highest BCUT2D eigenvalue weighted by Crippen LogP contribution is 2.42. The summed E-state index contributed by atoms with van der Waals surface area (Å²) in [5, 5.41) is 8.62. The molecule has 2 atom stereocenters. The smallest absolute Gasteiger partial charge is 0.306 e. The van der Waals surface area contributed by atoms with Gasteiger partial charge in [-0.25, -0.2) is 0 Å². The molecule has 1 aliphatic carbocycles. The van der Waals surface area contributed by atoms with Crippen LogP contribution in [0, 0.1) is 0 Å². The largest absolute Gasteiger partial charge is 0.486 e. The third-order valence-corrected chi connectivity index (χ3v) is 7.96. The maximum absolute atomic E-state index is 12.6. The monoisotopic (exact) mass is 530 g/mol. The molecule has 3 aromatic rings. The molecule has 0 spiro atoms. The summed E-state index contributed by atoms with van der Waals surface area (Å²) in [5.41, 5.74) is 5.98. The van der Waals surface area contributed by atoms with Crippen LogP contribution in [0.1, 0.15) is 93.3 Å². The van der Waals surface area contributed by atoms with Gasteiger partial charge in [0, 0.05) is 37.4 Å². The third kappa shape index (κ3) is 6.52. The van der Waals surface area contributed by atoms with Gasteiger partial charge in [-0.3, -0.25) is 14.4 Å². The predicted octanol–water partition coefficient (Wildman–Crippen LogP) is 6.02. The number of esters is 1. The van der Waals surface area contributed by atoms with Crippen LogP contribution in [0.3, 0.4) is 0 Å². The zero-order valence-electron chi connectivity index (χ0n) is 23.9. The van der Waals surface area contributed by atoms with E-state index in [-0.39, 0.29) is 17.5 Å². The number of ether oxygens (including phenoxy) is 2. The molecule has 2 aromatic carbocycles. The summed E-state index contributed by atoms with van der Waals surface area (Å²) in [6, 6.07) is 15.6. The van der Waals surface area contributed by atoms with E-state index in [2.05, 4.69) is 78.4 Å². The Morgan fingerprint density at radius 1 is 1.18 bits per heavy atom. The van der Waals surface area contributed by atoms with Crippen LogP contribution in [-0.4, -0.2) is 44.6 Å². The molecule has 2 unspecified atom stereocenters. The average molecular weight is 531 g/mol. The third-order valence-electron chi connectivity index (χ3n) is 7.96. The SMILES string of the molecule is CCCc1cn(CCC(CC(=O)OCC)c2ccc3c(c2)C(N2Cc4ccccc4OC(C)(C)C2)CC3)nn1. The molecule has 2 aliphatic rings. The minimum absolute atomic E-state index is 0.0547. The Balaban J connectivity index is 1.39. The molecule has 0 fully saturated rings. The van der Waals surface area contributed by atoms with Crippen molar-refractivity contribution in [3.05, 3.63) is 76.6 Å². The molecule has 7 nitrogen and oxygen atoms in total. The Kier molecular flexibility index (Phi) is 8.36. The van der Waals surface area contributed by atoms with Gasteiger partial charge in [0.05, 0.1) is 18.7 Å². The van der Waals surface area contributed by atoms with Crippen LogP contribution in [0.4, 0.5) is 0 Å². The molecule has 0 N–H and O–H groups in total. The molecule has 5 rings (SSSR count). The zero-order valence-corrected chi connectivity index (χ0v) is 23.9. The summed E-state index contributed by atoms with van der Waals surface area (Å²) in [7, 11) is 0. The summed E-state index contributed by atoms with van der Waals surface area (Å²) >= 11 is 0. The number of para-hydroxylation sites is 1. The maximum atomic E-state index is 12.6. The summed E-state index contributed by atoms with van der Waals surface area (Å²) in [6.07, 6.45) is 7.35. The molecule has 39 heavy (non-hydrogen) atoms. The molecule has 0 bridgehead atoms. The second-order valence-corrected chi connectivity index (χ2v) is 11.6. The maximum Gasteiger partial charge on any atom is 0.306 e. The molecular weight excluding hydrogens is 488 g/mol. The standard InChI is InChI=1S/C32H42N4O3/c1-5-9-27-21-36(34-33-27)17-16-25(19-31(37)38-6-2)24-13-12-23-14-15-29(28(23)18-24)35-20-26-10-7-8-11-30(26)39-32(3,4)22-35/h7-8,10-13,18,21,25,29H,5-6,9,14-17,19-20,22H2,1-4H3. The Bertz CT molecular complexity index is 1280. The minimum Gasteiger partial charge on any atom is -0.486 e. The first kappa shape index (κ1) is 27.4. The van der Waals surface area contributed by atoms with Crippen molar-refractivity contribution in [3.63, 3.8) is 0 Å². The highest BCUT2D eigenvalue weighted by Gasteiger charge is 2.36. The molecule has 2 heterocycles. The Morgan fingerprint density at radius 2 is 2.03 bits per heavy atom. The lowest BCUT2D eigenvalue weighted by atomic mass is 9.89. The van der Waals surface area contributed by atoms with E-state index < -0.39 is 0 Å². The molecule has 0 radical (unpaired) electrons. The van der Waals surface area contributed by atoms with Crippen LogP contribution in [0.2, 0.25) is 0 Å². The fourth-order valence-corrected chi connectivity index (χ4v) is 6.19. The topological polar surface area (TPSA) is 69.5 Å². The van der Waals surface area contributed by atoms with Crippen LogP contribution in [0.5, 0.6) is 5.75 Å². The van der Waals surface area contributed by atoms with E-state index >= 15 is 0 Å². The van der Waals surface area contributed by atoms with E-state index in [0.717, 1.165) is 63.2 Å². The molecule has 0 saturated heterocycles. The normalized spacial score (nSPS) is 19.0. The Morgan fingerprint density at radius 3 is 2.85 bits per heavy atom. The lowest BCUT2D eigenvalue weighted by Crippen LogP contribution is -2.41. The Hall–Kier alpha value is -3.19. The number of carbonyl (C=O) groups is 1. The number of aryl methyl sites for hydroxylation is 3. The van der Waals surface area contributed by atoms with Gasteiger partial charge in [-0.15, -0.1) is 5.10 Å². The van der Waals surface area contributed by atoms with Crippen molar-refractivity contribution in [1.29, 1.82) is 0 Å². The molecule has 1 aliphatic heterocycles. The van der Waals surface area contributed by atoms with Crippen molar-refractivity contribution in [2.75, 3.05) is 13.2 Å². The number of rotatable bonds is 10. The number of hydrogen-bond acceptors (Lipinski definition) is 6. The van der Waals surface area contributed by atoms with Gasteiger partial charge in [0.2, 0.25) is 0 Å². The lowest BCUT2D eigenvalue weighted by molar-refractivity contribution is -0.143. The quantitative estimate of drug-likeness (QED) is 0.299. The molecular formula is C32H42N4O3. The number of aromatic nitrogens is 3. The predicted molar refractivity (Wildman–Crippen MR) is 152 cm³/mol. The highest BCUT2D eigenvalue weighted by molar-refractivity contribution is 5.70. The highest BCUT2D eigenvalue weighted by atomic mass is 16.5. The molecule has 7 heteroatoms. The summed E-state index contributed by atoms with van der Waals surface area (Å²) in [4.78, 5) is 15.2. The van der Waals surface area contributed by atoms with Gasteiger partial charge < -0.3 is 9.47 Å². The summed E-state index contributed by atoms with van der Waals surface area (Å²) in [6.45, 7) is 11.2. The van der Waals surface area contributed by atoms with Crippen molar-refractivity contribution < 1.29 is 14.3 Å². The average Bonchev–Trinajstić information content (AvgIpc) is 3.50. The number of hydrogen-bond donors (Lipinski definition) is 0. The second-order valence-electron chi connectivity index (χ2n) is 11.6. The van der Waals surface area contributed by atoms with Crippen LogP contribution < -0.4 is 4.74 Å². The van der Waals surface area contributed by atoms with Gasteiger partial charge in [-0.2, -0.15) is 0 Å². The van der Waals surface area contributed by atoms with Crippen molar-refractivity contribution in [1.82, 2.24) is 19.9 Å². The second kappa shape index (κ2) is 11.9. The first-order chi connectivity index (χ1) is 18.8. The van der Waals surface area contributed by atoms with E-state index in [1.165, 1.54) is 22.3 Å². The number of fused-ring (bicyclic) bond motifs is 2. The van der Waals surface area contributed by atoms with Crippen LogP contribution in [0.15, 0.2) is 48.7 Å². The molecule has 1 aromatic heterocycles. The van der Waals surface area contributed by atoms with Gasteiger partial charge >= 0.3 is 5.97 Å². The van der Waals surface area contributed by atoms with Crippen molar-refractivity contribution in [2.45, 2.75) is 96.9 Å². The van der Waals surface area contributed by atoms with Gasteiger partial charge in [-0.1, -0.05) is 55.0 Å². The van der Waals surface area contributed by atoms with Gasteiger partial charge in [0.1, 0.15) is 11.4 Å². The number of carbonyl (C=O) groups excluding carboxylic acids is 1.